The number of ether oxygens (including phenoxy) is 1. The molecule has 2 aliphatic rings. The van der Waals surface area contributed by atoms with Crippen LogP contribution in [0.2, 0.25) is 0 Å². The third-order valence-corrected chi connectivity index (χ3v) is 4.71. The van der Waals surface area contributed by atoms with Gasteiger partial charge in [0.15, 0.2) is 11.6 Å². The van der Waals surface area contributed by atoms with E-state index in [0.717, 1.165) is 31.1 Å². The molecule has 1 atom stereocenters. The van der Waals surface area contributed by atoms with Gasteiger partial charge >= 0.3 is 0 Å². The predicted octanol–water partition coefficient (Wildman–Crippen LogP) is 2.75. The molecule has 2 fully saturated rings. The second-order valence-corrected chi connectivity index (χ2v) is 6.37. The van der Waals surface area contributed by atoms with E-state index in [2.05, 4.69) is 9.80 Å². The Labute approximate surface area is 126 Å². The van der Waals surface area contributed by atoms with E-state index in [1.54, 1.807) is 12.1 Å². The molecule has 0 unspecified atom stereocenters. The Bertz CT molecular complexity index is 474. The lowest BCUT2D eigenvalue weighted by Gasteiger charge is -2.20. The number of benzene rings is 1. The van der Waals surface area contributed by atoms with Crippen LogP contribution in [0.15, 0.2) is 18.2 Å². The molecule has 4 heteroatoms. The number of methoxy groups -OCH3 is 1. The van der Waals surface area contributed by atoms with E-state index in [1.807, 2.05) is 6.07 Å². The van der Waals surface area contributed by atoms with Crippen LogP contribution in [0.1, 0.15) is 24.8 Å². The van der Waals surface area contributed by atoms with Crippen LogP contribution in [-0.4, -0.2) is 49.6 Å². The Morgan fingerprint density at radius 2 is 2.00 bits per heavy atom. The highest BCUT2D eigenvalue weighted by Crippen LogP contribution is 2.23. The van der Waals surface area contributed by atoms with Crippen LogP contribution >= 0.6 is 0 Å². The second kappa shape index (κ2) is 6.75. The van der Waals surface area contributed by atoms with Crippen LogP contribution in [0, 0.1) is 11.7 Å². The first-order chi connectivity index (χ1) is 10.2. The Kier molecular flexibility index (Phi) is 4.76. The molecule has 116 valence electrons. The van der Waals surface area contributed by atoms with Gasteiger partial charge in [-0.05, 0) is 62.5 Å². The highest BCUT2D eigenvalue weighted by atomic mass is 19.1. The lowest BCUT2D eigenvalue weighted by atomic mass is 10.1. The molecule has 0 spiro atoms. The van der Waals surface area contributed by atoms with Crippen LogP contribution < -0.4 is 4.74 Å². The van der Waals surface area contributed by atoms with Crippen LogP contribution in [0.4, 0.5) is 4.39 Å². The van der Waals surface area contributed by atoms with Crippen molar-refractivity contribution < 1.29 is 9.13 Å². The molecule has 0 N–H and O–H groups in total. The number of likely N-dealkylation sites (tertiary alicyclic amines) is 2. The minimum absolute atomic E-state index is 0.261. The van der Waals surface area contributed by atoms with Crippen molar-refractivity contribution in [1.29, 1.82) is 0 Å². The lowest BCUT2D eigenvalue weighted by Crippen LogP contribution is -2.28. The standard InChI is InChI=1S/C17H25FN2O/c1-21-17-5-4-14(10-16(17)18)11-20-9-6-15(13-20)12-19-7-2-3-8-19/h4-5,10,15H,2-3,6-9,11-13H2,1H3/t15-/m1/s1. The zero-order valence-electron chi connectivity index (χ0n) is 12.9. The molecular formula is C17H25FN2O. The minimum atomic E-state index is -0.261. The summed E-state index contributed by atoms with van der Waals surface area (Å²) in [5.41, 5.74) is 1.04. The average Bonchev–Trinajstić information content (AvgIpc) is 3.12. The van der Waals surface area contributed by atoms with Gasteiger partial charge < -0.3 is 9.64 Å². The lowest BCUT2D eigenvalue weighted by molar-refractivity contribution is 0.260. The van der Waals surface area contributed by atoms with E-state index in [9.17, 15) is 4.39 Å². The maximum absolute atomic E-state index is 13.7. The van der Waals surface area contributed by atoms with E-state index >= 15 is 0 Å². The van der Waals surface area contributed by atoms with Gasteiger partial charge in [0, 0.05) is 19.6 Å². The molecule has 0 saturated carbocycles. The summed E-state index contributed by atoms with van der Waals surface area (Å²) in [6, 6.07) is 5.30. The first-order valence-corrected chi connectivity index (χ1v) is 8.02. The Hall–Kier alpha value is -1.13. The highest BCUT2D eigenvalue weighted by molar-refractivity contribution is 5.29. The quantitative estimate of drug-likeness (QED) is 0.830. The van der Waals surface area contributed by atoms with Crippen molar-refractivity contribution in [3.05, 3.63) is 29.6 Å². The van der Waals surface area contributed by atoms with Crippen molar-refractivity contribution in [3.63, 3.8) is 0 Å². The number of nitrogens with zero attached hydrogens (tertiary/aromatic N) is 2. The number of rotatable bonds is 5. The summed E-state index contributed by atoms with van der Waals surface area (Å²) in [6.07, 6.45) is 4.00. The van der Waals surface area contributed by atoms with E-state index in [0.29, 0.717) is 5.75 Å². The number of hydrogen-bond acceptors (Lipinski definition) is 3. The molecule has 0 aromatic heterocycles. The van der Waals surface area contributed by atoms with Crippen LogP contribution in [0.5, 0.6) is 5.75 Å². The summed E-state index contributed by atoms with van der Waals surface area (Å²) in [5.74, 6) is 0.848. The molecule has 0 amide bonds. The first-order valence-electron chi connectivity index (χ1n) is 8.02. The van der Waals surface area contributed by atoms with E-state index in [4.69, 9.17) is 4.74 Å². The summed E-state index contributed by atoms with van der Waals surface area (Å²) in [6.45, 7) is 6.92. The van der Waals surface area contributed by atoms with Crippen molar-refractivity contribution in [3.8, 4) is 5.75 Å². The molecule has 3 rings (SSSR count). The van der Waals surface area contributed by atoms with Gasteiger partial charge in [-0.15, -0.1) is 0 Å². The van der Waals surface area contributed by atoms with Gasteiger partial charge in [-0.3, -0.25) is 4.90 Å². The van der Waals surface area contributed by atoms with Gasteiger partial charge in [0.25, 0.3) is 0 Å². The van der Waals surface area contributed by atoms with Gasteiger partial charge in [-0.25, -0.2) is 4.39 Å². The Balaban J connectivity index is 1.51. The molecule has 0 radical (unpaired) electrons. The minimum Gasteiger partial charge on any atom is -0.494 e. The highest BCUT2D eigenvalue weighted by Gasteiger charge is 2.25. The summed E-state index contributed by atoms with van der Waals surface area (Å²) >= 11 is 0. The van der Waals surface area contributed by atoms with Gasteiger partial charge in [-0.1, -0.05) is 6.07 Å². The molecule has 2 saturated heterocycles. The summed E-state index contributed by atoms with van der Waals surface area (Å²) in [4.78, 5) is 5.04. The normalized spacial score (nSPS) is 23.8. The third-order valence-electron chi connectivity index (χ3n) is 4.71. The van der Waals surface area contributed by atoms with Gasteiger partial charge in [0.05, 0.1) is 7.11 Å². The average molecular weight is 292 g/mol. The largest absolute Gasteiger partial charge is 0.494 e. The monoisotopic (exact) mass is 292 g/mol. The Morgan fingerprint density at radius 3 is 2.71 bits per heavy atom. The van der Waals surface area contributed by atoms with Crippen LogP contribution in [-0.2, 0) is 6.54 Å². The van der Waals surface area contributed by atoms with Crippen molar-refractivity contribution in [2.75, 3.05) is 39.8 Å². The van der Waals surface area contributed by atoms with Gasteiger partial charge in [0.1, 0.15) is 0 Å². The Morgan fingerprint density at radius 1 is 1.19 bits per heavy atom. The zero-order valence-corrected chi connectivity index (χ0v) is 12.9. The van der Waals surface area contributed by atoms with Crippen LogP contribution in [0.25, 0.3) is 0 Å². The maximum atomic E-state index is 13.7. The summed E-state index contributed by atoms with van der Waals surface area (Å²) in [5, 5.41) is 0. The van der Waals surface area contributed by atoms with Crippen LogP contribution in [0.3, 0.4) is 0 Å². The SMILES string of the molecule is COc1ccc(CN2CC[C@H](CN3CCCC3)C2)cc1F. The molecule has 1 aromatic carbocycles. The molecule has 2 heterocycles. The third kappa shape index (κ3) is 3.74. The topological polar surface area (TPSA) is 15.7 Å². The number of hydrogen-bond donors (Lipinski definition) is 0. The fraction of sp³-hybridized carbons (Fsp3) is 0.647. The van der Waals surface area contributed by atoms with E-state index < -0.39 is 0 Å². The maximum Gasteiger partial charge on any atom is 0.165 e. The smallest absolute Gasteiger partial charge is 0.165 e. The summed E-state index contributed by atoms with van der Waals surface area (Å²) < 4.78 is 18.7. The van der Waals surface area contributed by atoms with Gasteiger partial charge in [0.2, 0.25) is 0 Å². The van der Waals surface area contributed by atoms with E-state index in [-0.39, 0.29) is 5.82 Å². The number of halogens is 1. The second-order valence-electron chi connectivity index (χ2n) is 6.37. The fourth-order valence-corrected chi connectivity index (χ4v) is 3.60. The molecule has 21 heavy (non-hydrogen) atoms. The summed E-state index contributed by atoms with van der Waals surface area (Å²) in [7, 11) is 1.50. The van der Waals surface area contributed by atoms with Crippen molar-refractivity contribution in [1.82, 2.24) is 9.80 Å². The first kappa shape index (κ1) is 14.8. The van der Waals surface area contributed by atoms with Crippen molar-refractivity contribution in [2.45, 2.75) is 25.8 Å². The van der Waals surface area contributed by atoms with E-state index in [1.165, 1.54) is 46.0 Å². The fourth-order valence-electron chi connectivity index (χ4n) is 3.60. The molecule has 1 aromatic rings. The van der Waals surface area contributed by atoms with Crippen molar-refractivity contribution in [2.24, 2.45) is 5.92 Å². The molecule has 0 aliphatic carbocycles. The molecule has 3 nitrogen and oxygen atoms in total. The van der Waals surface area contributed by atoms with Gasteiger partial charge in [-0.2, -0.15) is 0 Å². The molecule has 0 bridgehead atoms. The predicted molar refractivity (Wildman–Crippen MR) is 82.0 cm³/mol. The molecular weight excluding hydrogens is 267 g/mol. The zero-order chi connectivity index (χ0) is 14.7. The molecule has 2 aliphatic heterocycles. The van der Waals surface area contributed by atoms with Crippen molar-refractivity contribution >= 4 is 0 Å².